The van der Waals surface area contributed by atoms with Crippen LogP contribution in [0.3, 0.4) is 0 Å². The van der Waals surface area contributed by atoms with Crippen LogP contribution in [0.4, 0.5) is 0 Å². The van der Waals surface area contributed by atoms with E-state index >= 15 is 0 Å². The molecule has 2 aromatic carbocycles. The largest absolute Gasteiger partial charge is 0.481 e. The number of nitrogens with zero attached hydrogens (tertiary/aromatic N) is 1. The van der Waals surface area contributed by atoms with Crippen LogP contribution in [-0.4, -0.2) is 94.8 Å². The molecule has 286 valence electrons. The van der Waals surface area contributed by atoms with E-state index in [1.54, 1.807) is 4.90 Å². The second-order valence-corrected chi connectivity index (χ2v) is 14.2. The van der Waals surface area contributed by atoms with Crippen molar-refractivity contribution in [2.75, 3.05) is 13.1 Å². The van der Waals surface area contributed by atoms with Crippen LogP contribution in [0.1, 0.15) is 63.5 Å². The summed E-state index contributed by atoms with van der Waals surface area (Å²) in [5, 5.41) is 30.4. The maximum atomic E-state index is 14.2. The number of rotatable bonds is 18. The predicted molar refractivity (Wildman–Crippen MR) is 197 cm³/mol. The minimum absolute atomic E-state index is 0.0565. The van der Waals surface area contributed by atoms with Crippen LogP contribution in [0.5, 0.6) is 0 Å². The van der Waals surface area contributed by atoms with Crippen molar-refractivity contribution in [3.63, 3.8) is 0 Å². The van der Waals surface area contributed by atoms with Crippen molar-refractivity contribution in [1.82, 2.24) is 31.5 Å². The van der Waals surface area contributed by atoms with E-state index in [1.165, 1.54) is 0 Å². The summed E-state index contributed by atoms with van der Waals surface area (Å²) in [5.41, 5.74) is 7.27. The number of amides is 5. The molecule has 0 spiro atoms. The van der Waals surface area contributed by atoms with Crippen molar-refractivity contribution in [3.05, 3.63) is 71.8 Å². The first-order valence-electron chi connectivity index (χ1n) is 18.2. The fourth-order valence-electron chi connectivity index (χ4n) is 7.03. The van der Waals surface area contributed by atoms with Gasteiger partial charge in [0.15, 0.2) is 5.96 Å². The van der Waals surface area contributed by atoms with Gasteiger partial charge in [-0.25, -0.2) is 0 Å². The minimum Gasteiger partial charge on any atom is -0.481 e. The third-order valence-electron chi connectivity index (χ3n) is 9.57. The zero-order valence-electron chi connectivity index (χ0n) is 30.3. The molecule has 0 aromatic heterocycles. The number of carbonyl (C=O) groups is 6. The number of fused-ring (bicyclic) bond motifs is 1. The van der Waals surface area contributed by atoms with Gasteiger partial charge in [-0.05, 0) is 61.5 Å². The fraction of sp³-hybridized carbons (Fsp3) is 0.500. The number of nitrogens with one attached hydrogen (secondary N) is 6. The molecule has 4 rings (SSSR count). The molecule has 0 aliphatic carbocycles. The van der Waals surface area contributed by atoms with Crippen molar-refractivity contribution in [3.8, 4) is 0 Å². The summed E-state index contributed by atoms with van der Waals surface area (Å²) >= 11 is 0. The lowest BCUT2D eigenvalue weighted by Gasteiger charge is -2.39. The Kier molecular flexibility index (Phi) is 14.7. The normalized spacial score (nSPS) is 20.4. The lowest BCUT2D eigenvalue weighted by atomic mass is 9.86. The van der Waals surface area contributed by atoms with Crippen LogP contribution in [0.25, 0.3) is 0 Å². The van der Waals surface area contributed by atoms with Crippen molar-refractivity contribution in [2.24, 2.45) is 17.6 Å². The SMILES string of the molecule is CC(C)CNC(=O)[C@H](CC(=O)O)NC(=O)C(CCCNC(=N)N)NC(=O)[C@@H]1CC(Cc2ccccc2)C2CCC(NC(=O)Cc3ccccc3)C(=O)N21. The fourth-order valence-corrected chi connectivity index (χ4v) is 7.03. The maximum Gasteiger partial charge on any atom is 0.305 e. The monoisotopic (exact) mass is 732 g/mol. The second kappa shape index (κ2) is 19.4. The van der Waals surface area contributed by atoms with Gasteiger partial charge in [-0.15, -0.1) is 0 Å². The molecule has 0 saturated carbocycles. The van der Waals surface area contributed by atoms with E-state index in [-0.39, 0.29) is 68.0 Å². The van der Waals surface area contributed by atoms with Gasteiger partial charge < -0.3 is 42.3 Å². The van der Waals surface area contributed by atoms with Gasteiger partial charge in [-0.1, -0.05) is 74.5 Å². The van der Waals surface area contributed by atoms with Gasteiger partial charge in [-0.2, -0.15) is 0 Å². The molecule has 0 radical (unpaired) electrons. The van der Waals surface area contributed by atoms with Crippen LogP contribution >= 0.6 is 0 Å². The molecule has 2 aromatic rings. The average molecular weight is 733 g/mol. The summed E-state index contributed by atoms with van der Waals surface area (Å²) in [5.74, 6) is -4.24. The standard InChI is InChI=1S/C38H52N8O7/c1-23(2)22-42-34(50)29(21-33(48)49)45-35(51)27(14-9-17-41-38(39)40)44-36(52)31-20-26(18-24-10-5-3-6-11-24)30-16-15-28(37(53)46(30)31)43-32(47)19-25-12-7-4-8-13-25/h3-8,10-13,23,26-31H,9,14-22H2,1-2H3,(H,42,50)(H,43,47)(H,44,52)(H,45,51)(H,48,49)(H4,39,40,41)/t26?,27?,28?,29-,30?,31-/m0/s1. The van der Waals surface area contributed by atoms with E-state index in [0.29, 0.717) is 25.7 Å². The predicted octanol–water partition coefficient (Wildman–Crippen LogP) is 0.816. The molecule has 0 bridgehead atoms. The molecule has 15 nitrogen and oxygen atoms in total. The number of carboxylic acids is 1. The van der Waals surface area contributed by atoms with Gasteiger partial charge in [0, 0.05) is 19.1 Å². The molecule has 15 heteroatoms. The zero-order chi connectivity index (χ0) is 38.5. The molecule has 6 atom stereocenters. The Morgan fingerprint density at radius 2 is 1.57 bits per heavy atom. The van der Waals surface area contributed by atoms with Gasteiger partial charge in [-0.3, -0.25) is 34.2 Å². The number of carbonyl (C=O) groups excluding carboxylic acids is 5. The van der Waals surface area contributed by atoms with Crippen molar-refractivity contribution in [2.45, 2.75) is 95.4 Å². The van der Waals surface area contributed by atoms with Gasteiger partial charge in [0.25, 0.3) is 0 Å². The zero-order valence-corrected chi connectivity index (χ0v) is 30.3. The third-order valence-corrected chi connectivity index (χ3v) is 9.57. The highest BCUT2D eigenvalue weighted by Gasteiger charge is 2.51. The van der Waals surface area contributed by atoms with E-state index in [2.05, 4.69) is 26.6 Å². The first-order chi connectivity index (χ1) is 25.3. The summed E-state index contributed by atoms with van der Waals surface area (Å²) in [6, 6.07) is 14.3. The van der Waals surface area contributed by atoms with Crippen molar-refractivity contribution < 1.29 is 33.9 Å². The summed E-state index contributed by atoms with van der Waals surface area (Å²) < 4.78 is 0. The van der Waals surface area contributed by atoms with E-state index < -0.39 is 54.3 Å². The Labute approximate surface area is 309 Å². The molecular formula is C38H52N8O7. The van der Waals surface area contributed by atoms with Gasteiger partial charge in [0.2, 0.25) is 29.5 Å². The number of benzene rings is 2. The second-order valence-electron chi connectivity index (χ2n) is 14.2. The lowest BCUT2D eigenvalue weighted by molar-refractivity contribution is -0.147. The molecule has 4 unspecified atom stereocenters. The Morgan fingerprint density at radius 3 is 2.19 bits per heavy atom. The Bertz CT molecular complexity index is 1610. The summed E-state index contributed by atoms with van der Waals surface area (Å²) in [4.78, 5) is 81.2. The highest BCUT2D eigenvalue weighted by molar-refractivity contribution is 5.97. The van der Waals surface area contributed by atoms with Gasteiger partial charge in [0.05, 0.1) is 12.8 Å². The number of carboxylic acid groups (broad SMARTS) is 1. The van der Waals surface area contributed by atoms with Crippen LogP contribution in [0, 0.1) is 17.2 Å². The number of hydrogen-bond donors (Lipinski definition) is 8. The number of hydrogen-bond acceptors (Lipinski definition) is 7. The number of nitrogens with two attached hydrogens (primary N) is 1. The number of guanidine groups is 1. The number of aliphatic carboxylic acids is 1. The van der Waals surface area contributed by atoms with E-state index in [1.807, 2.05) is 74.5 Å². The van der Waals surface area contributed by atoms with Crippen molar-refractivity contribution in [1.29, 1.82) is 5.41 Å². The molecule has 5 amide bonds. The van der Waals surface area contributed by atoms with E-state index in [4.69, 9.17) is 11.1 Å². The lowest BCUT2D eigenvalue weighted by Crippen LogP contribution is -2.61. The average Bonchev–Trinajstić information content (AvgIpc) is 3.48. The Balaban J connectivity index is 1.55. The first-order valence-corrected chi connectivity index (χ1v) is 18.2. The smallest absolute Gasteiger partial charge is 0.305 e. The minimum atomic E-state index is -1.40. The summed E-state index contributed by atoms with van der Waals surface area (Å²) in [6.07, 6.45) is 1.68. The summed E-state index contributed by atoms with van der Waals surface area (Å²) in [7, 11) is 0. The van der Waals surface area contributed by atoms with Crippen molar-refractivity contribution >= 4 is 41.5 Å². The quantitative estimate of drug-likeness (QED) is 0.0615. The summed E-state index contributed by atoms with van der Waals surface area (Å²) in [6.45, 7) is 4.23. The molecule has 2 aliphatic rings. The Hall–Kier alpha value is -5.47. The highest BCUT2D eigenvalue weighted by Crippen LogP contribution is 2.39. The third kappa shape index (κ3) is 12.0. The Morgan fingerprint density at radius 1 is 0.906 bits per heavy atom. The molecule has 2 heterocycles. The highest BCUT2D eigenvalue weighted by atomic mass is 16.4. The maximum absolute atomic E-state index is 14.2. The van der Waals surface area contributed by atoms with Gasteiger partial charge >= 0.3 is 5.97 Å². The number of piperidine rings is 1. The molecule has 53 heavy (non-hydrogen) atoms. The molecule has 2 fully saturated rings. The van der Waals surface area contributed by atoms with Gasteiger partial charge in [0.1, 0.15) is 24.2 Å². The van der Waals surface area contributed by atoms with Crippen LogP contribution in [0.2, 0.25) is 0 Å². The molecule has 2 aliphatic heterocycles. The van der Waals surface area contributed by atoms with Crippen LogP contribution in [0.15, 0.2) is 60.7 Å². The first kappa shape index (κ1) is 40.3. The molecule has 9 N–H and O–H groups in total. The van der Waals surface area contributed by atoms with E-state index in [9.17, 15) is 33.9 Å². The van der Waals surface area contributed by atoms with Crippen LogP contribution < -0.4 is 32.3 Å². The molecular weight excluding hydrogens is 680 g/mol. The van der Waals surface area contributed by atoms with Crippen LogP contribution in [-0.2, 0) is 41.6 Å². The molecule has 2 saturated heterocycles. The topological polar surface area (TPSA) is 236 Å². The van der Waals surface area contributed by atoms with E-state index in [0.717, 1.165) is 11.1 Å².